The minimum atomic E-state index is -4.72. The highest BCUT2D eigenvalue weighted by atomic mass is 19.4. The third-order valence-corrected chi connectivity index (χ3v) is 1.69. The number of halogens is 5. The van der Waals surface area contributed by atoms with Crippen LogP contribution in [-0.2, 0) is 12.6 Å². The molecule has 0 saturated heterocycles. The molecule has 2 N–H and O–H groups in total. The molecule has 3 nitrogen and oxygen atoms in total. The first-order valence-corrected chi connectivity index (χ1v) is 4.00. The van der Waals surface area contributed by atoms with Gasteiger partial charge in [-0.05, 0) is 12.6 Å². The molecule has 0 fully saturated rings. The predicted molar refractivity (Wildman–Crippen MR) is 41.2 cm³/mol. The number of aromatic nitrogens is 2. The van der Waals surface area contributed by atoms with Crippen molar-refractivity contribution in [3.8, 4) is 0 Å². The second kappa shape index (κ2) is 4.13. The monoisotopic (exact) mass is 229 g/mol. The van der Waals surface area contributed by atoms with E-state index in [-0.39, 0.29) is 23.3 Å². The molecule has 0 radical (unpaired) electrons. The first-order chi connectivity index (χ1) is 6.86. The second-order valence-corrected chi connectivity index (χ2v) is 2.78. The second-order valence-electron chi connectivity index (χ2n) is 2.78. The van der Waals surface area contributed by atoms with Gasteiger partial charge in [0.1, 0.15) is 0 Å². The lowest BCUT2D eigenvalue weighted by Gasteiger charge is -2.03. The summed E-state index contributed by atoms with van der Waals surface area (Å²) in [6.45, 7) is -3.11. The Morgan fingerprint density at radius 3 is 2.40 bits per heavy atom. The SMILES string of the molecule is NCCc1cc(C(F)(F)F)nn1C(F)F. The molecule has 0 aromatic carbocycles. The zero-order valence-electron chi connectivity index (χ0n) is 7.43. The van der Waals surface area contributed by atoms with Crippen LogP contribution in [0.1, 0.15) is 17.9 Å². The largest absolute Gasteiger partial charge is 0.435 e. The summed E-state index contributed by atoms with van der Waals surface area (Å²) in [5.41, 5.74) is 3.53. The highest BCUT2D eigenvalue weighted by Gasteiger charge is 2.35. The van der Waals surface area contributed by atoms with Crippen molar-refractivity contribution in [2.24, 2.45) is 5.73 Å². The molecule has 0 unspecified atom stereocenters. The third kappa shape index (κ3) is 2.65. The Balaban J connectivity index is 3.09. The first-order valence-electron chi connectivity index (χ1n) is 4.00. The highest BCUT2D eigenvalue weighted by Crippen LogP contribution is 2.29. The van der Waals surface area contributed by atoms with Gasteiger partial charge in [0.05, 0.1) is 0 Å². The van der Waals surface area contributed by atoms with Crippen molar-refractivity contribution in [2.75, 3.05) is 6.54 Å². The number of nitrogens with two attached hydrogens (primary N) is 1. The van der Waals surface area contributed by atoms with Gasteiger partial charge in [0, 0.05) is 12.1 Å². The van der Waals surface area contributed by atoms with Crippen LogP contribution in [0.4, 0.5) is 22.0 Å². The van der Waals surface area contributed by atoms with Crippen LogP contribution in [0, 0.1) is 0 Å². The molecule has 8 heteroatoms. The minimum Gasteiger partial charge on any atom is -0.330 e. The van der Waals surface area contributed by atoms with Crippen LogP contribution in [0.5, 0.6) is 0 Å². The van der Waals surface area contributed by atoms with Crippen LogP contribution in [0.15, 0.2) is 6.07 Å². The zero-order chi connectivity index (χ0) is 11.6. The predicted octanol–water partition coefficient (Wildman–Crippen LogP) is 1.80. The standard InChI is InChI=1S/C7H8F5N3/c8-6(9)15-4(1-2-13)3-5(14-15)7(10,11)12/h3,6H,1-2,13H2. The van der Waals surface area contributed by atoms with E-state index in [9.17, 15) is 22.0 Å². The van der Waals surface area contributed by atoms with Gasteiger partial charge in [-0.25, -0.2) is 4.68 Å². The molecule has 0 aliphatic rings. The summed E-state index contributed by atoms with van der Waals surface area (Å²) in [5, 5.41) is 2.79. The fraction of sp³-hybridized carbons (Fsp3) is 0.571. The van der Waals surface area contributed by atoms with Crippen molar-refractivity contribution in [3.63, 3.8) is 0 Å². The molecule has 1 aromatic rings. The van der Waals surface area contributed by atoms with E-state index in [1.165, 1.54) is 0 Å². The van der Waals surface area contributed by atoms with E-state index in [0.717, 1.165) is 0 Å². The van der Waals surface area contributed by atoms with E-state index in [1.54, 1.807) is 0 Å². The highest BCUT2D eigenvalue weighted by molar-refractivity contribution is 5.13. The van der Waals surface area contributed by atoms with Crippen molar-refractivity contribution < 1.29 is 22.0 Å². The molecule has 0 spiro atoms. The van der Waals surface area contributed by atoms with Gasteiger partial charge in [-0.2, -0.15) is 27.1 Å². The Morgan fingerprint density at radius 1 is 1.40 bits per heavy atom. The number of nitrogens with zero attached hydrogens (tertiary/aromatic N) is 2. The Morgan fingerprint density at radius 2 is 2.00 bits per heavy atom. The molecule has 0 amide bonds. The van der Waals surface area contributed by atoms with E-state index < -0.39 is 18.4 Å². The first kappa shape index (κ1) is 11.9. The molecule has 0 aliphatic carbocycles. The van der Waals surface area contributed by atoms with Crippen LogP contribution in [0.2, 0.25) is 0 Å². The van der Waals surface area contributed by atoms with Crippen LogP contribution < -0.4 is 5.73 Å². The van der Waals surface area contributed by atoms with E-state index in [4.69, 9.17) is 5.73 Å². The van der Waals surface area contributed by atoms with Gasteiger partial charge in [-0.15, -0.1) is 0 Å². The quantitative estimate of drug-likeness (QED) is 0.803. The van der Waals surface area contributed by atoms with Gasteiger partial charge in [0.25, 0.3) is 0 Å². The Kier molecular flexibility index (Phi) is 3.28. The molecule has 0 atom stereocenters. The van der Waals surface area contributed by atoms with Crippen LogP contribution >= 0.6 is 0 Å². The van der Waals surface area contributed by atoms with Crippen LogP contribution in [0.25, 0.3) is 0 Å². The van der Waals surface area contributed by atoms with Crippen LogP contribution in [0.3, 0.4) is 0 Å². The fourth-order valence-electron chi connectivity index (χ4n) is 1.08. The van der Waals surface area contributed by atoms with Gasteiger partial charge < -0.3 is 5.73 Å². The van der Waals surface area contributed by atoms with E-state index in [1.807, 2.05) is 0 Å². The summed E-state index contributed by atoms with van der Waals surface area (Å²) >= 11 is 0. The Bertz CT molecular complexity index is 330. The fourth-order valence-corrected chi connectivity index (χ4v) is 1.08. The topological polar surface area (TPSA) is 43.8 Å². The molecule has 0 saturated carbocycles. The maximum atomic E-state index is 12.2. The van der Waals surface area contributed by atoms with Gasteiger partial charge in [-0.3, -0.25) is 0 Å². The summed E-state index contributed by atoms with van der Waals surface area (Å²) in [4.78, 5) is 0. The molecule has 1 heterocycles. The van der Waals surface area contributed by atoms with E-state index in [2.05, 4.69) is 5.10 Å². The van der Waals surface area contributed by atoms with E-state index >= 15 is 0 Å². The summed E-state index contributed by atoms with van der Waals surface area (Å²) in [6.07, 6.45) is -4.79. The lowest BCUT2D eigenvalue weighted by Crippen LogP contribution is -2.11. The molecule has 1 rings (SSSR count). The summed E-state index contributed by atoms with van der Waals surface area (Å²) in [6, 6.07) is 0.582. The van der Waals surface area contributed by atoms with Crippen molar-refractivity contribution in [3.05, 3.63) is 17.5 Å². The number of rotatable bonds is 3. The third-order valence-electron chi connectivity index (χ3n) is 1.69. The summed E-state index contributed by atoms with van der Waals surface area (Å²) < 4.78 is 60.9. The molecule has 0 bridgehead atoms. The van der Waals surface area contributed by atoms with Gasteiger partial charge in [0.2, 0.25) is 0 Å². The average molecular weight is 229 g/mol. The molecule has 1 aromatic heterocycles. The average Bonchev–Trinajstić information content (AvgIpc) is 2.48. The minimum absolute atomic E-state index is 0.0181. The lowest BCUT2D eigenvalue weighted by atomic mass is 10.3. The smallest absolute Gasteiger partial charge is 0.330 e. The lowest BCUT2D eigenvalue weighted by molar-refractivity contribution is -0.142. The maximum absolute atomic E-state index is 12.2. The zero-order valence-corrected chi connectivity index (χ0v) is 7.43. The Hall–Kier alpha value is -1.18. The van der Waals surface area contributed by atoms with Crippen LogP contribution in [-0.4, -0.2) is 16.3 Å². The van der Waals surface area contributed by atoms with Gasteiger partial charge >= 0.3 is 12.7 Å². The summed E-state index contributed by atoms with van der Waals surface area (Å²) in [5.74, 6) is 0. The van der Waals surface area contributed by atoms with E-state index in [0.29, 0.717) is 6.07 Å². The molecular formula is C7H8F5N3. The maximum Gasteiger partial charge on any atom is 0.435 e. The summed E-state index contributed by atoms with van der Waals surface area (Å²) in [7, 11) is 0. The van der Waals surface area contributed by atoms with Gasteiger partial charge in [-0.1, -0.05) is 0 Å². The Labute approximate surface area is 81.7 Å². The number of hydrogen-bond donors (Lipinski definition) is 1. The number of hydrogen-bond acceptors (Lipinski definition) is 2. The van der Waals surface area contributed by atoms with Crippen molar-refractivity contribution in [2.45, 2.75) is 19.1 Å². The van der Waals surface area contributed by atoms with Crippen molar-refractivity contribution >= 4 is 0 Å². The van der Waals surface area contributed by atoms with Gasteiger partial charge in [0.15, 0.2) is 5.69 Å². The molecular weight excluding hydrogens is 221 g/mol. The van der Waals surface area contributed by atoms with Crippen molar-refractivity contribution in [1.29, 1.82) is 0 Å². The van der Waals surface area contributed by atoms with Crippen molar-refractivity contribution in [1.82, 2.24) is 9.78 Å². The normalized spacial score (nSPS) is 12.5. The molecule has 0 aliphatic heterocycles. The molecule has 86 valence electrons. The molecule has 15 heavy (non-hydrogen) atoms. The number of alkyl halides is 5.